The number of hydrogen-bond donors (Lipinski definition) is 0. The molecule has 0 N–H and O–H groups in total. The largest absolute Gasteiger partial charge is 0.456 e. The standard InChI is InChI=1S/C63H42N2O.C59H38N2O/c1-3-21-47(22-4-1)63(56-42-46-19-8-10-26-52(46)61-53-27-11-16-33-60(53)66-62(56)61)54-28-12-14-30-58(54)65(59-31-15-13-29-55(59)63)50-40-36-44(37-41-50)43-34-38-49(39-35-43)64(48-23-5-2-6-24-48)57-32-17-20-45-18-7-9-25-51(45)57;1-3-18-42(19-4-1)59(51-38-41-17-7-8-22-45(41)57-47-24-10-16-30-56(47)62-58(51)57)49-25-11-14-28-54(49)61(55-29-15-12-26-50(55)59)44-34-31-39(32-35-44)40-33-36-53-48(37-40)46-23-9-13-27-52(46)60(53)43-20-5-2-6-21-43/h1-42H;1-38H. The van der Waals surface area contributed by atoms with Crippen LogP contribution in [0.25, 0.3) is 126 Å². The van der Waals surface area contributed by atoms with Crippen molar-refractivity contribution in [3.05, 3.63) is 530 Å². The summed E-state index contributed by atoms with van der Waals surface area (Å²) in [5, 5.41) is 14.2. The van der Waals surface area contributed by atoms with E-state index in [0.29, 0.717) is 0 Å². The fourth-order valence-electron chi connectivity index (χ4n) is 21.5. The Hall–Kier alpha value is -16.8. The number of fused-ring (bicyclic) bond motifs is 18. The molecule has 0 atom stereocenters. The molecule has 26 rings (SSSR count). The Labute approximate surface area is 740 Å². The van der Waals surface area contributed by atoms with Crippen molar-refractivity contribution in [1.29, 1.82) is 0 Å². The summed E-state index contributed by atoms with van der Waals surface area (Å²) in [4.78, 5) is 7.24. The van der Waals surface area contributed by atoms with Crippen LogP contribution in [0.4, 0.5) is 51.2 Å². The van der Waals surface area contributed by atoms with E-state index in [1.165, 1.54) is 98.6 Å². The summed E-state index contributed by atoms with van der Waals surface area (Å²) in [7, 11) is 0. The fraction of sp³-hybridized carbons (Fsp3) is 0.0164. The first-order chi connectivity index (χ1) is 63.5. The number of aromatic nitrogens is 1. The van der Waals surface area contributed by atoms with Gasteiger partial charge in [-0.2, -0.15) is 0 Å². The van der Waals surface area contributed by atoms with E-state index < -0.39 is 10.8 Å². The monoisotopic (exact) mass is 1630 g/mol. The lowest BCUT2D eigenvalue weighted by molar-refractivity contribution is 0.643. The predicted molar refractivity (Wildman–Crippen MR) is 533 cm³/mol. The molecule has 0 fully saturated rings. The minimum atomic E-state index is -0.720. The molecule has 0 saturated carbocycles. The molecule has 5 heterocycles. The average molecular weight is 1630 g/mol. The Kier molecular flexibility index (Phi) is 17.3. The molecule has 6 nitrogen and oxygen atoms in total. The number of furan rings is 2. The maximum absolute atomic E-state index is 7.05. The lowest BCUT2D eigenvalue weighted by Crippen LogP contribution is -2.37. The molecule has 24 aromatic rings. The molecule has 0 saturated heterocycles. The van der Waals surface area contributed by atoms with Crippen LogP contribution in [0.3, 0.4) is 0 Å². The molecular weight excluding hydrogens is 1550 g/mol. The lowest BCUT2D eigenvalue weighted by Gasteiger charge is -2.46. The van der Waals surface area contributed by atoms with Crippen molar-refractivity contribution >= 4 is 149 Å². The molecule has 128 heavy (non-hydrogen) atoms. The van der Waals surface area contributed by atoms with E-state index in [9.17, 15) is 0 Å². The third-order valence-electron chi connectivity index (χ3n) is 26.9. The van der Waals surface area contributed by atoms with Gasteiger partial charge in [0.15, 0.2) is 0 Å². The number of anilines is 9. The zero-order valence-corrected chi connectivity index (χ0v) is 69.8. The van der Waals surface area contributed by atoms with Gasteiger partial charge in [-0.15, -0.1) is 0 Å². The Balaban J connectivity index is 0.000000139. The van der Waals surface area contributed by atoms with Gasteiger partial charge in [0, 0.05) is 77.3 Å². The van der Waals surface area contributed by atoms with Gasteiger partial charge in [-0.1, -0.05) is 352 Å². The van der Waals surface area contributed by atoms with Crippen LogP contribution in [0.2, 0.25) is 0 Å². The Morgan fingerprint density at radius 1 is 0.211 bits per heavy atom. The molecule has 2 aliphatic rings. The molecule has 6 heteroatoms. The van der Waals surface area contributed by atoms with E-state index in [1.54, 1.807) is 0 Å². The van der Waals surface area contributed by atoms with Crippen molar-refractivity contribution in [3.63, 3.8) is 0 Å². The van der Waals surface area contributed by atoms with Crippen LogP contribution in [0.15, 0.2) is 494 Å². The minimum absolute atomic E-state index is 0.713. The Morgan fingerprint density at radius 2 is 0.562 bits per heavy atom. The fourth-order valence-corrected chi connectivity index (χ4v) is 21.5. The highest BCUT2D eigenvalue weighted by Gasteiger charge is 2.50. The third-order valence-corrected chi connectivity index (χ3v) is 26.9. The maximum atomic E-state index is 7.05. The number of hydrogen-bond acceptors (Lipinski definition) is 5. The zero-order chi connectivity index (χ0) is 84.4. The van der Waals surface area contributed by atoms with Crippen LogP contribution in [-0.4, -0.2) is 4.57 Å². The molecule has 0 bridgehead atoms. The first-order valence-corrected chi connectivity index (χ1v) is 44.0. The second kappa shape index (κ2) is 30.0. The van der Waals surface area contributed by atoms with Crippen LogP contribution in [-0.2, 0) is 10.8 Å². The van der Waals surface area contributed by atoms with Gasteiger partial charge in [-0.05, 0) is 216 Å². The van der Waals surface area contributed by atoms with E-state index in [0.717, 1.165) is 123 Å². The summed E-state index contributed by atoms with van der Waals surface area (Å²) in [5.41, 5.74) is 29.9. The first-order valence-electron chi connectivity index (χ1n) is 44.0. The van der Waals surface area contributed by atoms with Gasteiger partial charge in [-0.25, -0.2) is 0 Å². The molecular formula is C122H80N4O2. The number of nitrogens with zero attached hydrogens (tertiary/aromatic N) is 4. The van der Waals surface area contributed by atoms with Crippen LogP contribution in [0, 0.1) is 0 Å². The summed E-state index contributed by atoms with van der Waals surface area (Å²) < 4.78 is 16.5. The first kappa shape index (κ1) is 73.9. The molecule has 3 aromatic heterocycles. The Morgan fingerprint density at radius 3 is 1.05 bits per heavy atom. The van der Waals surface area contributed by atoms with Crippen molar-refractivity contribution in [2.75, 3.05) is 14.7 Å². The second-order valence-electron chi connectivity index (χ2n) is 33.6. The van der Waals surface area contributed by atoms with Crippen LogP contribution < -0.4 is 14.7 Å². The summed E-state index contributed by atoms with van der Waals surface area (Å²) in [6, 6.07) is 176. The predicted octanol–water partition coefficient (Wildman–Crippen LogP) is 32.9. The van der Waals surface area contributed by atoms with Crippen LogP contribution in [0.5, 0.6) is 0 Å². The Bertz CT molecular complexity index is 8350. The quantitative estimate of drug-likeness (QED) is 0.122. The summed E-state index contributed by atoms with van der Waals surface area (Å²) in [5.74, 6) is 0. The highest BCUT2D eigenvalue weighted by Crippen LogP contribution is 2.63. The van der Waals surface area contributed by atoms with Crippen molar-refractivity contribution in [2.45, 2.75) is 10.8 Å². The summed E-state index contributed by atoms with van der Waals surface area (Å²) in [6.07, 6.45) is 0. The van der Waals surface area contributed by atoms with Crippen molar-refractivity contribution < 1.29 is 8.83 Å². The molecule has 0 aliphatic carbocycles. The molecule has 0 amide bonds. The zero-order valence-electron chi connectivity index (χ0n) is 69.8. The summed E-state index contributed by atoms with van der Waals surface area (Å²) in [6.45, 7) is 0. The van der Waals surface area contributed by atoms with Crippen molar-refractivity contribution in [1.82, 2.24) is 4.57 Å². The van der Waals surface area contributed by atoms with Gasteiger partial charge in [0.05, 0.1) is 50.3 Å². The highest BCUT2D eigenvalue weighted by atomic mass is 16.3. The van der Waals surface area contributed by atoms with Gasteiger partial charge in [-0.3, -0.25) is 0 Å². The molecule has 0 radical (unpaired) electrons. The van der Waals surface area contributed by atoms with E-state index in [-0.39, 0.29) is 0 Å². The number of para-hydroxylation sites is 9. The SMILES string of the molecule is c1ccc(-n2c3ccccc3c3cc(-c4ccc(N5c6ccccc6C(c6ccccc6)(c6cc7ccccc7c7c6oc6ccccc67)c6ccccc65)cc4)ccc32)cc1.c1ccc(N(c2ccc(-c3ccc(N4c5ccccc5C(c5ccccc5)(c5cc6ccccc6c6c5oc5ccccc56)c5ccccc54)cc3)cc2)c2cccc3ccccc23)cc1. The highest BCUT2D eigenvalue weighted by molar-refractivity contribution is 6.22. The van der Waals surface area contributed by atoms with Gasteiger partial charge in [0.1, 0.15) is 22.3 Å². The maximum Gasteiger partial charge on any atom is 0.140 e. The van der Waals surface area contributed by atoms with Crippen LogP contribution >= 0.6 is 0 Å². The number of benzene rings is 21. The topological polar surface area (TPSA) is 40.9 Å². The van der Waals surface area contributed by atoms with Crippen LogP contribution in [0.1, 0.15) is 44.5 Å². The summed E-state index contributed by atoms with van der Waals surface area (Å²) >= 11 is 0. The van der Waals surface area contributed by atoms with Crippen molar-refractivity contribution in [3.8, 4) is 27.9 Å². The molecule has 21 aromatic carbocycles. The van der Waals surface area contributed by atoms with E-state index >= 15 is 0 Å². The van der Waals surface area contributed by atoms with E-state index in [1.807, 2.05) is 0 Å². The van der Waals surface area contributed by atoms with Gasteiger partial charge >= 0.3 is 0 Å². The molecule has 600 valence electrons. The lowest BCUT2D eigenvalue weighted by atomic mass is 9.62. The van der Waals surface area contributed by atoms with Gasteiger partial charge in [0.2, 0.25) is 0 Å². The third kappa shape index (κ3) is 11.4. The van der Waals surface area contributed by atoms with E-state index in [2.05, 4.69) is 505 Å². The second-order valence-corrected chi connectivity index (χ2v) is 33.6. The molecule has 0 unspecified atom stereocenters. The van der Waals surface area contributed by atoms with Gasteiger partial charge < -0.3 is 28.1 Å². The van der Waals surface area contributed by atoms with E-state index in [4.69, 9.17) is 8.83 Å². The van der Waals surface area contributed by atoms with Crippen molar-refractivity contribution in [2.24, 2.45) is 0 Å². The number of rotatable bonds is 12. The van der Waals surface area contributed by atoms with Gasteiger partial charge in [0.25, 0.3) is 0 Å². The average Bonchev–Trinajstić information content (AvgIpc) is 0.943. The smallest absolute Gasteiger partial charge is 0.140 e. The normalized spacial score (nSPS) is 13.1. The minimum Gasteiger partial charge on any atom is -0.456 e. The molecule has 0 spiro atoms. The molecule has 2 aliphatic heterocycles.